The average Bonchev–Trinajstić information content (AvgIpc) is 2.95. The van der Waals surface area contributed by atoms with Crippen molar-refractivity contribution >= 4 is 17.5 Å². The zero-order valence-corrected chi connectivity index (χ0v) is 18.1. The van der Waals surface area contributed by atoms with Gasteiger partial charge < -0.3 is 10.2 Å². The Morgan fingerprint density at radius 3 is 2.53 bits per heavy atom. The van der Waals surface area contributed by atoms with Gasteiger partial charge in [-0.25, -0.2) is 8.78 Å². The predicted octanol–water partition coefficient (Wildman–Crippen LogP) is 4.42. The lowest BCUT2D eigenvalue weighted by Crippen LogP contribution is -2.36. The lowest BCUT2D eigenvalue weighted by atomic mass is 9.90. The number of aromatic nitrogens is 1. The summed E-state index contributed by atoms with van der Waals surface area (Å²) in [5, 5.41) is 2.78. The minimum Gasteiger partial charge on any atom is -0.348 e. The molecule has 1 N–H and O–H groups in total. The Bertz CT molecular complexity index is 1190. The van der Waals surface area contributed by atoms with E-state index < -0.39 is 5.41 Å². The summed E-state index contributed by atoms with van der Waals surface area (Å²) in [6.45, 7) is 5.60. The Morgan fingerprint density at radius 2 is 1.84 bits per heavy atom. The van der Waals surface area contributed by atoms with E-state index in [9.17, 15) is 18.4 Å². The summed E-state index contributed by atoms with van der Waals surface area (Å²) >= 11 is 0. The second-order valence-electron chi connectivity index (χ2n) is 8.45. The SMILES string of the molecule is Cc1cccc(F)c1CN1C(=O)C(C)(C)c2ncc(C(=O)NCc3ccc(F)cc3)cc21. The molecule has 0 spiro atoms. The molecule has 0 atom stereocenters. The van der Waals surface area contributed by atoms with Gasteiger partial charge in [0.15, 0.2) is 0 Å². The third-order valence-electron chi connectivity index (χ3n) is 5.83. The molecule has 164 valence electrons. The van der Waals surface area contributed by atoms with Crippen molar-refractivity contribution < 1.29 is 18.4 Å². The van der Waals surface area contributed by atoms with Gasteiger partial charge in [-0.1, -0.05) is 24.3 Å². The Morgan fingerprint density at radius 1 is 1.12 bits per heavy atom. The van der Waals surface area contributed by atoms with Gasteiger partial charge in [0.2, 0.25) is 5.91 Å². The number of carbonyl (C=O) groups is 2. The van der Waals surface area contributed by atoms with Crippen LogP contribution in [0.4, 0.5) is 14.5 Å². The number of amides is 2. The molecule has 4 rings (SSSR count). The van der Waals surface area contributed by atoms with Crippen molar-refractivity contribution in [1.29, 1.82) is 0 Å². The van der Waals surface area contributed by atoms with E-state index in [1.807, 2.05) is 0 Å². The third kappa shape index (κ3) is 3.86. The van der Waals surface area contributed by atoms with Crippen LogP contribution in [0, 0.1) is 18.6 Å². The number of rotatable bonds is 5. The number of anilines is 1. The van der Waals surface area contributed by atoms with Crippen molar-refractivity contribution in [2.45, 2.75) is 39.3 Å². The van der Waals surface area contributed by atoms with Crippen LogP contribution in [0.25, 0.3) is 0 Å². The van der Waals surface area contributed by atoms with Crippen LogP contribution in [-0.4, -0.2) is 16.8 Å². The maximum atomic E-state index is 14.5. The minimum atomic E-state index is -0.891. The third-order valence-corrected chi connectivity index (χ3v) is 5.83. The zero-order chi connectivity index (χ0) is 23.0. The van der Waals surface area contributed by atoms with E-state index >= 15 is 0 Å². The van der Waals surface area contributed by atoms with Crippen molar-refractivity contribution in [1.82, 2.24) is 10.3 Å². The summed E-state index contributed by atoms with van der Waals surface area (Å²) in [7, 11) is 0. The number of fused-ring (bicyclic) bond motifs is 1. The molecule has 0 saturated carbocycles. The number of hydrogen-bond acceptors (Lipinski definition) is 3. The average molecular weight is 435 g/mol. The molecule has 2 aromatic carbocycles. The molecule has 5 nitrogen and oxygen atoms in total. The highest BCUT2D eigenvalue weighted by molar-refractivity contribution is 6.08. The predicted molar refractivity (Wildman–Crippen MR) is 117 cm³/mol. The maximum absolute atomic E-state index is 14.5. The molecule has 0 radical (unpaired) electrons. The fourth-order valence-electron chi connectivity index (χ4n) is 3.88. The van der Waals surface area contributed by atoms with Gasteiger partial charge in [-0.2, -0.15) is 0 Å². The largest absolute Gasteiger partial charge is 0.348 e. The van der Waals surface area contributed by atoms with Gasteiger partial charge >= 0.3 is 0 Å². The number of halogens is 2. The van der Waals surface area contributed by atoms with E-state index in [0.29, 0.717) is 16.9 Å². The molecule has 0 aliphatic carbocycles. The summed E-state index contributed by atoms with van der Waals surface area (Å²) in [6, 6.07) is 12.2. The standard InChI is InChI=1S/C25H23F2N3O2/c1-15-5-4-6-20(27)19(15)14-30-21-11-17(13-28-22(21)25(2,3)24(30)32)23(31)29-12-16-7-9-18(26)10-8-16/h4-11,13H,12,14H2,1-3H3,(H,29,31). The van der Waals surface area contributed by atoms with Crippen molar-refractivity contribution in [3.63, 3.8) is 0 Å². The second kappa shape index (κ2) is 8.15. The first-order valence-electron chi connectivity index (χ1n) is 10.3. The van der Waals surface area contributed by atoms with Gasteiger partial charge in [0.1, 0.15) is 11.6 Å². The highest BCUT2D eigenvalue weighted by atomic mass is 19.1. The molecule has 2 amide bonds. The summed E-state index contributed by atoms with van der Waals surface area (Å²) in [5.74, 6) is -1.30. The molecule has 3 aromatic rings. The minimum absolute atomic E-state index is 0.0517. The zero-order valence-electron chi connectivity index (χ0n) is 18.1. The smallest absolute Gasteiger partial charge is 0.253 e. The van der Waals surface area contributed by atoms with Gasteiger partial charge in [-0.3, -0.25) is 14.6 Å². The number of nitrogens with one attached hydrogen (secondary N) is 1. The van der Waals surface area contributed by atoms with Crippen LogP contribution in [0.1, 0.15) is 46.6 Å². The Kier molecular flexibility index (Phi) is 5.50. The van der Waals surface area contributed by atoms with Gasteiger partial charge in [0, 0.05) is 18.3 Å². The molecule has 32 heavy (non-hydrogen) atoms. The molecule has 2 heterocycles. The number of aryl methyl sites for hydroxylation is 1. The first-order valence-corrected chi connectivity index (χ1v) is 10.3. The topological polar surface area (TPSA) is 62.3 Å². The Labute approximate surface area is 185 Å². The van der Waals surface area contributed by atoms with Gasteiger partial charge in [0.25, 0.3) is 5.91 Å². The first kappa shape index (κ1) is 21.6. The quantitative estimate of drug-likeness (QED) is 0.645. The summed E-state index contributed by atoms with van der Waals surface area (Å²) < 4.78 is 27.5. The second-order valence-corrected chi connectivity index (χ2v) is 8.45. The van der Waals surface area contributed by atoms with E-state index in [2.05, 4.69) is 10.3 Å². The van der Waals surface area contributed by atoms with Crippen LogP contribution in [0.2, 0.25) is 0 Å². The molecular weight excluding hydrogens is 412 g/mol. The fourth-order valence-corrected chi connectivity index (χ4v) is 3.88. The van der Waals surface area contributed by atoms with E-state index in [-0.39, 0.29) is 42.1 Å². The van der Waals surface area contributed by atoms with Crippen LogP contribution >= 0.6 is 0 Å². The molecule has 0 saturated heterocycles. The summed E-state index contributed by atoms with van der Waals surface area (Å²) in [6.07, 6.45) is 1.44. The molecule has 0 bridgehead atoms. The molecule has 1 aliphatic rings. The molecule has 7 heteroatoms. The number of benzene rings is 2. The number of carbonyl (C=O) groups excluding carboxylic acids is 2. The van der Waals surface area contributed by atoms with Crippen molar-refractivity contribution in [3.8, 4) is 0 Å². The Balaban J connectivity index is 1.62. The van der Waals surface area contributed by atoms with Crippen molar-refractivity contribution in [2.75, 3.05) is 4.90 Å². The van der Waals surface area contributed by atoms with E-state index in [1.54, 1.807) is 51.1 Å². The van der Waals surface area contributed by atoms with Crippen LogP contribution in [-0.2, 0) is 23.3 Å². The van der Waals surface area contributed by atoms with Gasteiger partial charge in [-0.15, -0.1) is 0 Å². The molecule has 0 fully saturated rings. The fraction of sp³-hybridized carbons (Fsp3) is 0.240. The molecular formula is C25H23F2N3O2. The lowest BCUT2D eigenvalue weighted by molar-refractivity contribution is -0.122. The van der Waals surface area contributed by atoms with E-state index in [1.165, 1.54) is 29.3 Å². The monoisotopic (exact) mass is 435 g/mol. The van der Waals surface area contributed by atoms with Crippen LogP contribution in [0.3, 0.4) is 0 Å². The Hall–Kier alpha value is -3.61. The lowest BCUT2D eigenvalue weighted by Gasteiger charge is -2.21. The normalized spacial score (nSPS) is 14.4. The van der Waals surface area contributed by atoms with Crippen LogP contribution in [0.5, 0.6) is 0 Å². The highest BCUT2D eigenvalue weighted by Gasteiger charge is 2.45. The van der Waals surface area contributed by atoms with Gasteiger partial charge in [-0.05, 0) is 56.2 Å². The van der Waals surface area contributed by atoms with Crippen LogP contribution < -0.4 is 10.2 Å². The van der Waals surface area contributed by atoms with Gasteiger partial charge in [0.05, 0.1) is 28.9 Å². The number of nitrogens with zero attached hydrogens (tertiary/aromatic N) is 2. The highest BCUT2D eigenvalue weighted by Crippen LogP contribution is 2.41. The summed E-state index contributed by atoms with van der Waals surface area (Å²) in [4.78, 5) is 31.8. The number of pyridine rings is 1. The molecule has 1 aliphatic heterocycles. The molecule has 1 aromatic heterocycles. The van der Waals surface area contributed by atoms with E-state index in [0.717, 1.165) is 11.1 Å². The molecule has 0 unspecified atom stereocenters. The van der Waals surface area contributed by atoms with Crippen molar-refractivity contribution in [2.24, 2.45) is 0 Å². The first-order chi connectivity index (χ1) is 15.2. The van der Waals surface area contributed by atoms with Crippen LogP contribution in [0.15, 0.2) is 54.7 Å². The maximum Gasteiger partial charge on any atom is 0.253 e. The van der Waals surface area contributed by atoms with Crippen molar-refractivity contribution in [3.05, 3.63) is 94.3 Å². The number of hydrogen-bond donors (Lipinski definition) is 1. The summed E-state index contributed by atoms with van der Waals surface area (Å²) in [5.41, 5.74) is 2.36. The van der Waals surface area contributed by atoms with E-state index in [4.69, 9.17) is 0 Å².